The van der Waals surface area contributed by atoms with Crippen LogP contribution in [0.3, 0.4) is 0 Å². The Morgan fingerprint density at radius 1 is 1.21 bits per heavy atom. The van der Waals surface area contributed by atoms with Gasteiger partial charge in [-0.25, -0.2) is 4.98 Å². The van der Waals surface area contributed by atoms with Crippen molar-refractivity contribution in [3.8, 4) is 11.4 Å². The summed E-state index contributed by atoms with van der Waals surface area (Å²) < 4.78 is 3.11. The van der Waals surface area contributed by atoms with Crippen molar-refractivity contribution in [3.05, 3.63) is 46.4 Å². The highest BCUT2D eigenvalue weighted by Crippen LogP contribution is 2.31. The zero-order valence-corrected chi connectivity index (χ0v) is 12.4. The topological polar surface area (TPSA) is 43.8 Å². The van der Waals surface area contributed by atoms with Gasteiger partial charge in [-0.15, -0.1) is 0 Å². The molecule has 0 bridgehead atoms. The molecule has 0 atom stereocenters. The van der Waals surface area contributed by atoms with Crippen molar-refractivity contribution in [3.63, 3.8) is 0 Å². The number of benzene rings is 2. The molecule has 4 heteroatoms. The van der Waals surface area contributed by atoms with Gasteiger partial charge >= 0.3 is 0 Å². The van der Waals surface area contributed by atoms with Gasteiger partial charge in [-0.2, -0.15) is 0 Å². The summed E-state index contributed by atoms with van der Waals surface area (Å²) in [6.45, 7) is 2.06. The van der Waals surface area contributed by atoms with Gasteiger partial charge in [0, 0.05) is 22.8 Å². The van der Waals surface area contributed by atoms with Gasteiger partial charge in [-0.05, 0) is 36.8 Å². The highest BCUT2D eigenvalue weighted by atomic mass is 79.9. The number of aromatic nitrogens is 2. The average Bonchev–Trinajstić information content (AvgIpc) is 2.66. The van der Waals surface area contributed by atoms with E-state index in [1.807, 2.05) is 31.3 Å². The lowest BCUT2D eigenvalue weighted by molar-refractivity contribution is 0.958. The van der Waals surface area contributed by atoms with E-state index in [0.29, 0.717) is 0 Å². The highest BCUT2D eigenvalue weighted by molar-refractivity contribution is 9.10. The minimum Gasteiger partial charge on any atom is -0.398 e. The van der Waals surface area contributed by atoms with E-state index in [9.17, 15) is 0 Å². The van der Waals surface area contributed by atoms with E-state index >= 15 is 0 Å². The lowest BCUT2D eigenvalue weighted by Crippen LogP contribution is -1.98. The molecule has 0 aliphatic carbocycles. The lowest BCUT2D eigenvalue weighted by Gasteiger charge is -2.09. The Kier molecular flexibility index (Phi) is 2.82. The number of fused-ring (bicyclic) bond motifs is 1. The Balaban J connectivity index is 2.34. The molecule has 3 aromatic rings. The third-order valence-corrected chi connectivity index (χ3v) is 3.86. The predicted molar refractivity (Wildman–Crippen MR) is 83.0 cm³/mol. The quantitative estimate of drug-likeness (QED) is 0.692. The number of nitrogen functional groups attached to an aromatic ring is 1. The second kappa shape index (κ2) is 4.38. The summed E-state index contributed by atoms with van der Waals surface area (Å²) in [5, 5.41) is 0. The Morgan fingerprint density at radius 2 is 2.00 bits per heavy atom. The van der Waals surface area contributed by atoms with Gasteiger partial charge in [-0.3, -0.25) is 0 Å². The maximum Gasteiger partial charge on any atom is 0.143 e. The first kappa shape index (κ1) is 12.2. The molecular weight excluding hydrogens is 302 g/mol. The van der Waals surface area contributed by atoms with Crippen LogP contribution < -0.4 is 5.73 Å². The molecule has 3 rings (SSSR count). The normalized spacial score (nSPS) is 11.1. The van der Waals surface area contributed by atoms with Crippen molar-refractivity contribution in [2.75, 3.05) is 5.73 Å². The summed E-state index contributed by atoms with van der Waals surface area (Å²) in [6.07, 6.45) is 0. The van der Waals surface area contributed by atoms with Gasteiger partial charge in [0.15, 0.2) is 0 Å². The fourth-order valence-electron chi connectivity index (χ4n) is 2.39. The largest absolute Gasteiger partial charge is 0.398 e. The van der Waals surface area contributed by atoms with Crippen LogP contribution in [0.25, 0.3) is 22.4 Å². The van der Waals surface area contributed by atoms with Gasteiger partial charge in [0.05, 0.1) is 11.0 Å². The SMILES string of the molecule is Cc1cccc(N)c1-c1nc2cc(Br)ccc2n1C. The summed E-state index contributed by atoms with van der Waals surface area (Å²) >= 11 is 3.48. The van der Waals surface area contributed by atoms with Crippen LogP contribution in [0.1, 0.15) is 5.56 Å². The minimum atomic E-state index is 0.762. The molecule has 2 aromatic carbocycles. The second-order valence-corrected chi connectivity index (χ2v) is 5.58. The number of hydrogen-bond acceptors (Lipinski definition) is 2. The molecule has 19 heavy (non-hydrogen) atoms. The first-order valence-electron chi connectivity index (χ1n) is 6.05. The van der Waals surface area contributed by atoms with Gasteiger partial charge in [0.25, 0.3) is 0 Å². The molecule has 2 N–H and O–H groups in total. The summed E-state index contributed by atoms with van der Waals surface area (Å²) in [5.74, 6) is 0.906. The van der Waals surface area contributed by atoms with Crippen molar-refractivity contribution in [2.45, 2.75) is 6.92 Å². The van der Waals surface area contributed by atoms with Crippen LogP contribution in [-0.2, 0) is 7.05 Å². The second-order valence-electron chi connectivity index (χ2n) is 4.67. The molecule has 0 spiro atoms. The van der Waals surface area contributed by atoms with E-state index < -0.39 is 0 Å². The van der Waals surface area contributed by atoms with Gasteiger partial charge in [-0.1, -0.05) is 28.1 Å². The zero-order chi connectivity index (χ0) is 13.6. The van der Waals surface area contributed by atoms with Gasteiger partial charge in [0.1, 0.15) is 5.82 Å². The number of imidazole rings is 1. The maximum absolute atomic E-state index is 6.11. The monoisotopic (exact) mass is 315 g/mol. The molecule has 1 aromatic heterocycles. The smallest absolute Gasteiger partial charge is 0.143 e. The van der Waals surface area contributed by atoms with Crippen LogP contribution in [-0.4, -0.2) is 9.55 Å². The van der Waals surface area contributed by atoms with Crippen LogP contribution in [0, 0.1) is 6.92 Å². The molecule has 1 heterocycles. The van der Waals surface area contributed by atoms with Crippen LogP contribution >= 0.6 is 15.9 Å². The molecule has 0 amide bonds. The average molecular weight is 316 g/mol. The molecule has 0 saturated heterocycles. The Bertz CT molecular complexity index is 754. The number of hydrogen-bond donors (Lipinski definition) is 1. The van der Waals surface area contributed by atoms with Gasteiger partial charge < -0.3 is 10.3 Å². The van der Waals surface area contributed by atoms with Crippen LogP contribution in [0.15, 0.2) is 40.9 Å². The third kappa shape index (κ3) is 1.92. The summed E-state index contributed by atoms with van der Waals surface area (Å²) in [5.41, 5.74) is 11.1. The fourth-order valence-corrected chi connectivity index (χ4v) is 2.74. The molecule has 0 unspecified atom stereocenters. The molecule has 0 aliphatic heterocycles. The third-order valence-electron chi connectivity index (χ3n) is 3.37. The number of rotatable bonds is 1. The minimum absolute atomic E-state index is 0.762. The van der Waals surface area contributed by atoms with Crippen molar-refractivity contribution < 1.29 is 0 Å². The maximum atomic E-state index is 6.11. The number of nitrogens with two attached hydrogens (primary N) is 1. The van der Waals surface area contributed by atoms with E-state index in [1.165, 1.54) is 0 Å². The molecule has 0 aliphatic rings. The van der Waals surface area contributed by atoms with Crippen LogP contribution in [0.5, 0.6) is 0 Å². The van der Waals surface area contributed by atoms with Crippen molar-refractivity contribution in [2.24, 2.45) is 7.05 Å². The van der Waals surface area contributed by atoms with E-state index in [2.05, 4.69) is 39.6 Å². The Morgan fingerprint density at radius 3 is 2.74 bits per heavy atom. The molecule has 96 valence electrons. The predicted octanol–water partition coefficient (Wildman–Crippen LogP) is 3.89. The first-order valence-corrected chi connectivity index (χ1v) is 6.84. The number of halogens is 1. The number of anilines is 1. The summed E-state index contributed by atoms with van der Waals surface area (Å²) in [4.78, 5) is 4.72. The zero-order valence-electron chi connectivity index (χ0n) is 10.8. The van der Waals surface area contributed by atoms with Crippen LogP contribution in [0.2, 0.25) is 0 Å². The number of aryl methyl sites for hydroxylation is 2. The Labute approximate surface area is 120 Å². The van der Waals surface area contributed by atoms with E-state index in [-0.39, 0.29) is 0 Å². The molecular formula is C15H14BrN3. The molecule has 0 saturated carbocycles. The molecule has 0 radical (unpaired) electrons. The summed E-state index contributed by atoms with van der Waals surface area (Å²) in [7, 11) is 2.02. The van der Waals surface area contributed by atoms with Gasteiger partial charge in [0.2, 0.25) is 0 Å². The fraction of sp³-hybridized carbons (Fsp3) is 0.133. The highest BCUT2D eigenvalue weighted by Gasteiger charge is 2.14. The lowest BCUT2D eigenvalue weighted by atomic mass is 10.1. The standard InChI is InChI=1S/C15H14BrN3/c1-9-4-3-5-11(17)14(9)15-18-12-8-10(16)6-7-13(12)19(15)2/h3-8H,17H2,1-2H3. The van der Waals surface area contributed by atoms with Crippen molar-refractivity contribution in [1.82, 2.24) is 9.55 Å². The van der Waals surface area contributed by atoms with Crippen LogP contribution in [0.4, 0.5) is 5.69 Å². The first-order chi connectivity index (χ1) is 9.08. The number of nitrogens with zero attached hydrogens (tertiary/aromatic N) is 2. The Hall–Kier alpha value is -1.81. The molecule has 0 fully saturated rings. The van der Waals surface area contributed by atoms with Crippen molar-refractivity contribution >= 4 is 32.7 Å². The van der Waals surface area contributed by atoms with Crippen molar-refractivity contribution in [1.29, 1.82) is 0 Å². The van der Waals surface area contributed by atoms with E-state index in [1.54, 1.807) is 0 Å². The summed E-state index contributed by atoms with van der Waals surface area (Å²) in [6, 6.07) is 12.0. The van der Waals surface area contributed by atoms with E-state index in [4.69, 9.17) is 10.7 Å². The van der Waals surface area contributed by atoms with E-state index in [0.717, 1.165) is 38.1 Å². The molecule has 3 nitrogen and oxygen atoms in total.